The maximum absolute atomic E-state index is 14.9. The quantitative estimate of drug-likeness (QED) is 0.501. The number of fused-ring (bicyclic) bond motifs is 2. The first-order valence-corrected chi connectivity index (χ1v) is 13.1. The van der Waals surface area contributed by atoms with Crippen LogP contribution in [0.25, 0.3) is 0 Å². The van der Waals surface area contributed by atoms with Gasteiger partial charge in [0.05, 0.1) is 30.1 Å². The molecule has 0 aliphatic heterocycles. The van der Waals surface area contributed by atoms with Crippen LogP contribution in [0.2, 0.25) is 0 Å². The molecule has 3 fully saturated rings. The van der Waals surface area contributed by atoms with E-state index in [4.69, 9.17) is 14.2 Å². The predicted octanol–water partition coefficient (Wildman–Crippen LogP) is 4.73. The number of nitrogens with one attached hydrogen (secondary N) is 1. The summed E-state index contributed by atoms with van der Waals surface area (Å²) in [7, 11) is 1.35. The van der Waals surface area contributed by atoms with Crippen LogP contribution in [0.4, 0.5) is 4.39 Å². The van der Waals surface area contributed by atoms with Crippen molar-refractivity contribution in [3.05, 3.63) is 23.5 Å². The van der Waals surface area contributed by atoms with Crippen molar-refractivity contribution in [1.82, 2.24) is 5.32 Å². The average Bonchev–Trinajstić information content (AvgIpc) is 3.42. The zero-order valence-electron chi connectivity index (χ0n) is 22.3. The molecule has 0 unspecified atom stereocenters. The predicted molar refractivity (Wildman–Crippen MR) is 133 cm³/mol. The third kappa shape index (κ3) is 5.70. The Hall–Kier alpha value is -2.84. The van der Waals surface area contributed by atoms with Gasteiger partial charge in [-0.1, -0.05) is 0 Å². The van der Waals surface area contributed by atoms with Crippen molar-refractivity contribution in [2.45, 2.75) is 90.4 Å². The van der Waals surface area contributed by atoms with Gasteiger partial charge in [-0.25, -0.2) is 4.39 Å². The minimum absolute atomic E-state index is 0.0542. The third-order valence-electron chi connectivity index (χ3n) is 8.22. The van der Waals surface area contributed by atoms with E-state index in [-0.39, 0.29) is 41.0 Å². The van der Waals surface area contributed by atoms with Gasteiger partial charge in [0.2, 0.25) is 0 Å². The Labute approximate surface area is 217 Å². The molecule has 0 spiro atoms. The number of halogens is 1. The first kappa shape index (κ1) is 27.2. The van der Waals surface area contributed by atoms with Crippen LogP contribution in [0.1, 0.15) is 83.0 Å². The molecule has 2 bridgehead atoms. The van der Waals surface area contributed by atoms with E-state index in [1.807, 2.05) is 27.7 Å². The number of hydrogen-bond donors (Lipinski definition) is 2. The van der Waals surface area contributed by atoms with E-state index >= 15 is 0 Å². The van der Waals surface area contributed by atoms with Crippen LogP contribution in [-0.4, -0.2) is 47.8 Å². The van der Waals surface area contributed by atoms with Gasteiger partial charge >= 0.3 is 11.9 Å². The molecule has 0 heterocycles. The molecule has 3 saturated carbocycles. The lowest BCUT2D eigenvalue weighted by molar-refractivity contribution is -0.169. The molecule has 0 radical (unpaired) electrons. The summed E-state index contributed by atoms with van der Waals surface area (Å²) >= 11 is 0. The highest BCUT2D eigenvalue weighted by atomic mass is 19.1. The summed E-state index contributed by atoms with van der Waals surface area (Å²) < 4.78 is 31.7. The van der Waals surface area contributed by atoms with Crippen LogP contribution >= 0.6 is 0 Å². The molecule has 0 aromatic heterocycles. The van der Waals surface area contributed by atoms with Crippen LogP contribution in [0.3, 0.4) is 0 Å². The molecule has 9 heteroatoms. The Balaban J connectivity index is 1.45. The van der Waals surface area contributed by atoms with Crippen LogP contribution in [-0.2, 0) is 14.3 Å². The van der Waals surface area contributed by atoms with Gasteiger partial charge in [0.25, 0.3) is 5.91 Å². The molecule has 0 saturated heterocycles. The second kappa shape index (κ2) is 10.1. The van der Waals surface area contributed by atoms with E-state index in [1.165, 1.54) is 13.2 Å². The number of benzene rings is 1. The maximum atomic E-state index is 14.9. The first-order chi connectivity index (χ1) is 17.3. The van der Waals surface area contributed by atoms with E-state index in [0.29, 0.717) is 25.7 Å². The third-order valence-corrected chi connectivity index (χ3v) is 8.22. The van der Waals surface area contributed by atoms with Crippen molar-refractivity contribution in [2.75, 3.05) is 7.11 Å². The number of amides is 1. The van der Waals surface area contributed by atoms with Gasteiger partial charge in [-0.3, -0.25) is 14.4 Å². The SMILES string of the molecule is COc1cc(F)c(O[C@H]2CC[C@@](C)(C(=O)OC(C)(C)C)CC2)cc1C(=O)N[C@@H]1[C@H]2CC[C@H](C2)[C@@H]1C(=O)O. The van der Waals surface area contributed by atoms with Gasteiger partial charge < -0.3 is 24.6 Å². The molecular weight excluding hydrogens is 481 g/mol. The van der Waals surface area contributed by atoms with E-state index in [0.717, 1.165) is 25.3 Å². The van der Waals surface area contributed by atoms with Gasteiger partial charge in [0.15, 0.2) is 11.6 Å². The Morgan fingerprint density at radius 1 is 1.05 bits per heavy atom. The Kier molecular flexibility index (Phi) is 7.45. The molecule has 204 valence electrons. The van der Waals surface area contributed by atoms with Crippen LogP contribution < -0.4 is 14.8 Å². The summed E-state index contributed by atoms with van der Waals surface area (Å²) in [5.41, 5.74) is -1.10. The number of ether oxygens (including phenoxy) is 3. The zero-order valence-corrected chi connectivity index (χ0v) is 22.3. The molecule has 2 N–H and O–H groups in total. The Morgan fingerprint density at radius 2 is 1.70 bits per heavy atom. The number of aliphatic carboxylic acids is 1. The Morgan fingerprint density at radius 3 is 2.30 bits per heavy atom. The number of rotatable bonds is 7. The smallest absolute Gasteiger partial charge is 0.312 e. The molecule has 3 aliphatic carbocycles. The molecular formula is C28H38FNO7. The molecule has 8 nitrogen and oxygen atoms in total. The number of carboxylic acids is 1. The second-order valence-electron chi connectivity index (χ2n) is 12.1. The molecule has 1 aromatic rings. The lowest BCUT2D eigenvalue weighted by Gasteiger charge is -2.37. The molecule has 1 aromatic carbocycles. The summed E-state index contributed by atoms with van der Waals surface area (Å²) in [5.74, 6) is -2.75. The highest BCUT2D eigenvalue weighted by Crippen LogP contribution is 2.49. The standard InChI is InChI=1S/C28H38FNO7/c1-27(2,3)37-26(34)28(4)10-8-17(9-11-28)36-21-13-18(20(35-5)14-19(21)29)24(31)30-23-16-7-6-15(12-16)22(23)25(32)33/h13-17,22-23H,6-12H2,1-5H3,(H,30,31)(H,32,33)/t15-,16+,17-,22+,23-,28+/m1/s1. The minimum Gasteiger partial charge on any atom is -0.496 e. The zero-order chi connectivity index (χ0) is 27.1. The number of carboxylic acid groups (broad SMARTS) is 1. The summed E-state index contributed by atoms with van der Waals surface area (Å²) in [6, 6.07) is 1.98. The van der Waals surface area contributed by atoms with Crippen LogP contribution in [0.15, 0.2) is 12.1 Å². The fourth-order valence-electron chi connectivity index (χ4n) is 6.19. The van der Waals surface area contributed by atoms with Crippen molar-refractivity contribution >= 4 is 17.8 Å². The van der Waals surface area contributed by atoms with Crippen molar-refractivity contribution in [2.24, 2.45) is 23.2 Å². The van der Waals surface area contributed by atoms with Crippen molar-refractivity contribution in [1.29, 1.82) is 0 Å². The van der Waals surface area contributed by atoms with Gasteiger partial charge in [0.1, 0.15) is 11.4 Å². The topological polar surface area (TPSA) is 111 Å². The van der Waals surface area contributed by atoms with Crippen molar-refractivity contribution in [3.63, 3.8) is 0 Å². The molecule has 3 aliphatic rings. The first-order valence-electron chi connectivity index (χ1n) is 13.1. The molecule has 37 heavy (non-hydrogen) atoms. The van der Waals surface area contributed by atoms with Crippen molar-refractivity contribution < 1.29 is 38.1 Å². The molecule has 4 atom stereocenters. The van der Waals surface area contributed by atoms with Crippen LogP contribution in [0, 0.1) is 29.0 Å². The number of carbonyl (C=O) groups excluding carboxylic acids is 2. The second-order valence-corrected chi connectivity index (χ2v) is 12.1. The minimum atomic E-state index is -0.900. The summed E-state index contributed by atoms with van der Waals surface area (Å²) in [5, 5.41) is 12.6. The van der Waals surface area contributed by atoms with Gasteiger partial charge in [-0.2, -0.15) is 0 Å². The number of hydrogen-bond acceptors (Lipinski definition) is 6. The van der Waals surface area contributed by atoms with E-state index < -0.39 is 40.7 Å². The number of carbonyl (C=O) groups is 3. The van der Waals surface area contributed by atoms with Gasteiger partial charge in [-0.15, -0.1) is 0 Å². The van der Waals surface area contributed by atoms with Crippen LogP contribution in [0.5, 0.6) is 11.5 Å². The number of esters is 1. The van der Waals surface area contributed by atoms with E-state index in [1.54, 1.807) is 0 Å². The molecule has 1 amide bonds. The van der Waals surface area contributed by atoms with E-state index in [9.17, 15) is 23.9 Å². The summed E-state index contributed by atoms with van der Waals surface area (Å²) in [4.78, 5) is 37.8. The van der Waals surface area contributed by atoms with E-state index in [2.05, 4.69) is 5.32 Å². The van der Waals surface area contributed by atoms with Gasteiger partial charge in [0, 0.05) is 12.1 Å². The largest absolute Gasteiger partial charge is 0.496 e. The monoisotopic (exact) mass is 519 g/mol. The Bertz CT molecular complexity index is 1060. The normalized spacial score (nSPS) is 31.0. The van der Waals surface area contributed by atoms with Crippen molar-refractivity contribution in [3.8, 4) is 11.5 Å². The summed E-state index contributed by atoms with van der Waals surface area (Å²) in [6.07, 6.45) is 4.37. The fourth-order valence-corrected chi connectivity index (χ4v) is 6.19. The summed E-state index contributed by atoms with van der Waals surface area (Å²) in [6.45, 7) is 7.39. The lowest BCUT2D eigenvalue weighted by Crippen LogP contribution is -2.46. The fraction of sp³-hybridized carbons (Fsp3) is 0.679. The highest BCUT2D eigenvalue weighted by molar-refractivity contribution is 5.98. The maximum Gasteiger partial charge on any atom is 0.312 e. The highest BCUT2D eigenvalue weighted by Gasteiger charge is 2.51. The lowest BCUT2D eigenvalue weighted by atomic mass is 9.74. The van der Waals surface area contributed by atoms with Gasteiger partial charge in [-0.05, 0) is 90.5 Å². The average molecular weight is 520 g/mol. The molecule has 4 rings (SSSR count). The number of methoxy groups -OCH3 is 1.